The maximum absolute atomic E-state index is 12.0. The third-order valence-electron chi connectivity index (χ3n) is 3.86. The Morgan fingerprint density at radius 3 is 2.84 bits per heavy atom. The van der Waals surface area contributed by atoms with Crippen LogP contribution < -0.4 is 0 Å². The number of nitrogens with zero attached hydrogens (tertiary/aromatic N) is 2. The second-order valence-electron chi connectivity index (χ2n) is 5.17. The fraction of sp³-hybridized carbons (Fsp3) is 0.643. The minimum atomic E-state index is 0.0762. The minimum Gasteiger partial charge on any atom is -0.466 e. The molecule has 2 saturated heterocycles. The van der Waals surface area contributed by atoms with Gasteiger partial charge < -0.3 is 14.2 Å². The Hall–Kier alpha value is -0.940. The zero-order chi connectivity index (χ0) is 13.1. The number of piperidine rings is 1. The van der Waals surface area contributed by atoms with E-state index in [9.17, 15) is 4.79 Å². The van der Waals surface area contributed by atoms with Gasteiger partial charge in [0, 0.05) is 13.1 Å². The van der Waals surface area contributed by atoms with Crippen molar-refractivity contribution < 1.29 is 9.21 Å². The molecule has 0 saturated carbocycles. The quantitative estimate of drug-likeness (QED) is 0.848. The first kappa shape index (κ1) is 13.1. The summed E-state index contributed by atoms with van der Waals surface area (Å²) < 4.78 is 5.46. The third-order valence-corrected chi connectivity index (χ3v) is 5.08. The monoisotopic (exact) mass is 280 g/mol. The van der Waals surface area contributed by atoms with Crippen molar-refractivity contribution in [3.8, 4) is 0 Å². The number of carbonyl (C=O) groups excluding carboxylic acids is 1. The van der Waals surface area contributed by atoms with Gasteiger partial charge in [-0.25, -0.2) is 0 Å². The highest BCUT2D eigenvalue weighted by Gasteiger charge is 2.34. The molecule has 104 valence electrons. The standard InChI is InChI=1S/C14H20N2O2S/c17-13-11-19-14(12-5-4-10-18-12)16(13)9-8-15-6-2-1-3-7-15/h4-5,10,14H,1-3,6-9,11H2/t14-/m0/s1. The Balaban J connectivity index is 1.59. The van der Waals surface area contributed by atoms with Gasteiger partial charge in [0.2, 0.25) is 5.91 Å². The van der Waals surface area contributed by atoms with Crippen molar-refractivity contribution in [2.24, 2.45) is 0 Å². The van der Waals surface area contributed by atoms with E-state index in [4.69, 9.17) is 4.42 Å². The molecule has 1 aromatic rings. The molecular formula is C14H20N2O2S. The molecule has 0 spiro atoms. The molecule has 0 aliphatic carbocycles. The van der Waals surface area contributed by atoms with Crippen molar-refractivity contribution in [2.75, 3.05) is 31.9 Å². The fourth-order valence-electron chi connectivity index (χ4n) is 2.80. The first-order valence-corrected chi connectivity index (χ1v) is 8.06. The Kier molecular flexibility index (Phi) is 4.13. The summed E-state index contributed by atoms with van der Waals surface area (Å²) >= 11 is 1.67. The molecule has 1 amide bonds. The zero-order valence-electron chi connectivity index (χ0n) is 11.1. The second kappa shape index (κ2) is 6.01. The van der Waals surface area contributed by atoms with Gasteiger partial charge in [-0.3, -0.25) is 4.79 Å². The van der Waals surface area contributed by atoms with E-state index < -0.39 is 0 Å². The molecule has 5 heteroatoms. The van der Waals surface area contributed by atoms with Crippen LogP contribution in [0.25, 0.3) is 0 Å². The van der Waals surface area contributed by atoms with Crippen molar-refractivity contribution in [2.45, 2.75) is 24.6 Å². The van der Waals surface area contributed by atoms with Crippen LogP contribution in [-0.4, -0.2) is 47.6 Å². The number of likely N-dealkylation sites (tertiary alicyclic amines) is 1. The Morgan fingerprint density at radius 2 is 2.11 bits per heavy atom. The Morgan fingerprint density at radius 1 is 1.26 bits per heavy atom. The predicted octanol–water partition coefficient (Wildman–Crippen LogP) is 2.34. The van der Waals surface area contributed by atoms with Gasteiger partial charge in [0.15, 0.2) is 0 Å². The van der Waals surface area contributed by atoms with Crippen LogP contribution >= 0.6 is 11.8 Å². The average Bonchev–Trinajstić information content (AvgIpc) is 3.07. The zero-order valence-corrected chi connectivity index (χ0v) is 11.9. The van der Waals surface area contributed by atoms with Gasteiger partial charge in [0.25, 0.3) is 0 Å². The number of thioether (sulfide) groups is 1. The molecular weight excluding hydrogens is 260 g/mol. The maximum Gasteiger partial charge on any atom is 0.233 e. The number of amides is 1. The van der Waals surface area contributed by atoms with Crippen LogP contribution in [0.15, 0.2) is 22.8 Å². The second-order valence-corrected chi connectivity index (χ2v) is 6.24. The van der Waals surface area contributed by atoms with E-state index in [1.165, 1.54) is 32.4 Å². The van der Waals surface area contributed by atoms with Gasteiger partial charge in [0.1, 0.15) is 11.1 Å². The van der Waals surface area contributed by atoms with E-state index in [0.717, 1.165) is 18.8 Å². The van der Waals surface area contributed by atoms with Crippen molar-refractivity contribution in [1.82, 2.24) is 9.80 Å². The molecule has 0 bridgehead atoms. The molecule has 1 atom stereocenters. The van der Waals surface area contributed by atoms with Crippen LogP contribution in [0.3, 0.4) is 0 Å². The van der Waals surface area contributed by atoms with Crippen LogP contribution in [0.5, 0.6) is 0 Å². The Bertz CT molecular complexity index is 415. The molecule has 2 fully saturated rings. The van der Waals surface area contributed by atoms with E-state index >= 15 is 0 Å². The summed E-state index contributed by atoms with van der Waals surface area (Å²) in [5.74, 6) is 1.71. The summed E-state index contributed by atoms with van der Waals surface area (Å²) in [5.41, 5.74) is 0. The number of furan rings is 1. The largest absolute Gasteiger partial charge is 0.466 e. The van der Waals surface area contributed by atoms with E-state index in [2.05, 4.69) is 4.90 Å². The number of hydrogen-bond acceptors (Lipinski definition) is 4. The molecule has 0 N–H and O–H groups in total. The van der Waals surface area contributed by atoms with Crippen molar-refractivity contribution in [1.29, 1.82) is 0 Å². The molecule has 0 unspecified atom stereocenters. The number of rotatable bonds is 4. The summed E-state index contributed by atoms with van der Waals surface area (Å²) in [7, 11) is 0. The van der Waals surface area contributed by atoms with Gasteiger partial charge in [-0.05, 0) is 38.1 Å². The highest BCUT2D eigenvalue weighted by molar-refractivity contribution is 8.00. The first-order valence-electron chi connectivity index (χ1n) is 7.01. The first-order chi connectivity index (χ1) is 9.34. The molecule has 3 rings (SSSR count). The predicted molar refractivity (Wildman–Crippen MR) is 75.9 cm³/mol. The molecule has 2 aliphatic heterocycles. The average molecular weight is 280 g/mol. The van der Waals surface area contributed by atoms with Gasteiger partial charge in [-0.15, -0.1) is 11.8 Å². The molecule has 0 aromatic carbocycles. The lowest BCUT2D eigenvalue weighted by molar-refractivity contribution is -0.128. The topological polar surface area (TPSA) is 36.7 Å². The van der Waals surface area contributed by atoms with E-state index in [1.807, 2.05) is 17.0 Å². The van der Waals surface area contributed by atoms with Gasteiger partial charge in [-0.1, -0.05) is 6.42 Å². The SMILES string of the molecule is O=C1CS[C@@H](c2ccco2)N1CCN1CCCCC1. The van der Waals surface area contributed by atoms with Crippen LogP contribution in [0.4, 0.5) is 0 Å². The van der Waals surface area contributed by atoms with E-state index in [0.29, 0.717) is 5.75 Å². The number of carbonyl (C=O) groups is 1. The van der Waals surface area contributed by atoms with Crippen LogP contribution in [-0.2, 0) is 4.79 Å². The highest BCUT2D eigenvalue weighted by atomic mass is 32.2. The summed E-state index contributed by atoms with van der Waals surface area (Å²) in [4.78, 5) is 16.4. The molecule has 19 heavy (non-hydrogen) atoms. The van der Waals surface area contributed by atoms with Gasteiger partial charge >= 0.3 is 0 Å². The van der Waals surface area contributed by atoms with Crippen molar-refractivity contribution in [3.63, 3.8) is 0 Å². The maximum atomic E-state index is 12.0. The summed E-state index contributed by atoms with van der Waals surface area (Å²) in [6, 6.07) is 3.85. The van der Waals surface area contributed by atoms with Crippen LogP contribution in [0.1, 0.15) is 30.4 Å². The molecule has 2 aliphatic rings. The van der Waals surface area contributed by atoms with Crippen LogP contribution in [0.2, 0.25) is 0 Å². The van der Waals surface area contributed by atoms with Gasteiger partial charge in [-0.2, -0.15) is 0 Å². The Labute approximate surface area is 118 Å². The smallest absolute Gasteiger partial charge is 0.233 e. The fourth-order valence-corrected chi connectivity index (χ4v) is 3.96. The van der Waals surface area contributed by atoms with E-state index in [1.54, 1.807) is 18.0 Å². The number of hydrogen-bond donors (Lipinski definition) is 0. The summed E-state index contributed by atoms with van der Waals surface area (Å²) in [5, 5.41) is 0.0762. The lowest BCUT2D eigenvalue weighted by atomic mass is 10.1. The molecule has 1 aromatic heterocycles. The molecule has 4 nitrogen and oxygen atoms in total. The van der Waals surface area contributed by atoms with Crippen LogP contribution in [0, 0.1) is 0 Å². The summed E-state index contributed by atoms with van der Waals surface area (Å²) in [6.45, 7) is 4.17. The normalized spacial score (nSPS) is 25.2. The minimum absolute atomic E-state index is 0.0762. The van der Waals surface area contributed by atoms with E-state index in [-0.39, 0.29) is 11.3 Å². The van der Waals surface area contributed by atoms with Crippen molar-refractivity contribution in [3.05, 3.63) is 24.2 Å². The molecule has 3 heterocycles. The van der Waals surface area contributed by atoms with Crippen molar-refractivity contribution >= 4 is 17.7 Å². The van der Waals surface area contributed by atoms with Gasteiger partial charge in [0.05, 0.1) is 12.0 Å². The highest BCUT2D eigenvalue weighted by Crippen LogP contribution is 2.38. The lowest BCUT2D eigenvalue weighted by Gasteiger charge is -2.30. The lowest BCUT2D eigenvalue weighted by Crippen LogP contribution is -2.39. The summed E-state index contributed by atoms with van der Waals surface area (Å²) in [6.07, 6.45) is 5.63. The third kappa shape index (κ3) is 2.98. The molecule has 0 radical (unpaired) electrons.